The van der Waals surface area contributed by atoms with Crippen LogP contribution in [0.4, 0.5) is 0 Å². The maximum atomic E-state index is 5.82. The van der Waals surface area contributed by atoms with E-state index >= 15 is 0 Å². The van der Waals surface area contributed by atoms with E-state index in [4.69, 9.17) is 11.6 Å². The zero-order valence-corrected chi connectivity index (χ0v) is 10.6. The molecule has 2 nitrogen and oxygen atoms in total. The Balaban J connectivity index is 1.85. The molecule has 0 bridgehead atoms. The third-order valence-electron chi connectivity index (χ3n) is 3.98. The Kier molecular flexibility index (Phi) is 2.93. The summed E-state index contributed by atoms with van der Waals surface area (Å²) in [6.45, 7) is 2.31. The van der Waals surface area contributed by atoms with Crippen molar-refractivity contribution in [1.29, 1.82) is 0 Å². The van der Waals surface area contributed by atoms with Crippen LogP contribution in [-0.2, 0) is 0 Å². The lowest BCUT2D eigenvalue weighted by Crippen LogP contribution is -2.37. The highest BCUT2D eigenvalue weighted by molar-refractivity contribution is 6.29. The Morgan fingerprint density at radius 3 is 2.94 bits per heavy atom. The largest absolute Gasteiger partial charge is 0.316 e. The number of rotatable bonds is 1. The molecule has 1 aliphatic heterocycles. The van der Waals surface area contributed by atoms with Gasteiger partial charge in [0.05, 0.1) is 0 Å². The maximum absolute atomic E-state index is 5.82. The molecule has 3 heteroatoms. The van der Waals surface area contributed by atoms with Gasteiger partial charge in [-0.3, -0.25) is 0 Å². The molecule has 1 N–H and O–H groups in total. The summed E-state index contributed by atoms with van der Waals surface area (Å²) < 4.78 is 0. The van der Waals surface area contributed by atoms with Crippen LogP contribution < -0.4 is 5.32 Å². The van der Waals surface area contributed by atoms with E-state index in [1.807, 2.05) is 12.3 Å². The molecular formula is C14H17ClN2. The van der Waals surface area contributed by atoms with Gasteiger partial charge in [-0.25, -0.2) is 4.98 Å². The standard InChI is InChI=1S/C14H17ClN2/c15-13-3-2-12(9-17-13)11-4-6-14(8-11)5-1-7-16-10-14/h2-3,8-9,16H,1,4-7,10H2. The minimum absolute atomic E-state index is 0.410. The van der Waals surface area contributed by atoms with Crippen molar-refractivity contribution >= 4 is 17.2 Å². The Morgan fingerprint density at radius 1 is 1.29 bits per heavy atom. The van der Waals surface area contributed by atoms with E-state index in [0.29, 0.717) is 10.6 Å². The van der Waals surface area contributed by atoms with Gasteiger partial charge in [-0.2, -0.15) is 0 Å². The Bertz CT molecular complexity index is 430. The van der Waals surface area contributed by atoms with E-state index in [1.54, 1.807) is 0 Å². The van der Waals surface area contributed by atoms with Crippen molar-refractivity contribution in [2.75, 3.05) is 13.1 Å². The van der Waals surface area contributed by atoms with Gasteiger partial charge in [-0.05, 0) is 49.4 Å². The summed E-state index contributed by atoms with van der Waals surface area (Å²) in [5.74, 6) is 0. The summed E-state index contributed by atoms with van der Waals surface area (Å²) in [5.41, 5.74) is 3.09. The Labute approximate surface area is 107 Å². The highest BCUT2D eigenvalue weighted by atomic mass is 35.5. The molecular weight excluding hydrogens is 232 g/mol. The number of nitrogens with one attached hydrogen (secondary N) is 1. The predicted molar refractivity (Wildman–Crippen MR) is 71.0 cm³/mol. The van der Waals surface area contributed by atoms with Crippen molar-refractivity contribution in [1.82, 2.24) is 10.3 Å². The summed E-state index contributed by atoms with van der Waals surface area (Å²) >= 11 is 5.82. The molecule has 2 heterocycles. The van der Waals surface area contributed by atoms with Gasteiger partial charge < -0.3 is 5.32 Å². The SMILES string of the molecule is Clc1ccc(C2=CC3(CCCNC3)CC2)cn1. The van der Waals surface area contributed by atoms with Gasteiger partial charge in [-0.15, -0.1) is 0 Å². The van der Waals surface area contributed by atoms with Crippen molar-refractivity contribution in [3.05, 3.63) is 35.1 Å². The van der Waals surface area contributed by atoms with Crippen LogP contribution in [0.15, 0.2) is 24.4 Å². The quantitative estimate of drug-likeness (QED) is 0.772. The third kappa shape index (κ3) is 2.24. The van der Waals surface area contributed by atoms with Gasteiger partial charge in [-0.1, -0.05) is 23.7 Å². The van der Waals surface area contributed by atoms with Crippen LogP contribution in [0, 0.1) is 5.41 Å². The van der Waals surface area contributed by atoms with Gasteiger partial charge in [0.15, 0.2) is 0 Å². The summed E-state index contributed by atoms with van der Waals surface area (Å²) in [5, 5.41) is 4.09. The number of hydrogen-bond donors (Lipinski definition) is 1. The van der Waals surface area contributed by atoms with E-state index < -0.39 is 0 Å². The second kappa shape index (κ2) is 4.43. The average Bonchev–Trinajstić information content (AvgIpc) is 2.75. The third-order valence-corrected chi connectivity index (χ3v) is 4.20. The molecule has 17 heavy (non-hydrogen) atoms. The minimum Gasteiger partial charge on any atom is -0.316 e. The van der Waals surface area contributed by atoms with Gasteiger partial charge in [0, 0.05) is 18.2 Å². The van der Waals surface area contributed by atoms with Crippen LogP contribution in [0.3, 0.4) is 0 Å². The number of hydrogen-bond acceptors (Lipinski definition) is 2. The monoisotopic (exact) mass is 248 g/mol. The summed E-state index contributed by atoms with van der Waals surface area (Å²) in [6, 6.07) is 3.96. The van der Waals surface area contributed by atoms with E-state index in [0.717, 1.165) is 6.54 Å². The number of halogens is 1. The highest BCUT2D eigenvalue weighted by Crippen LogP contribution is 2.44. The summed E-state index contributed by atoms with van der Waals surface area (Å²) in [4.78, 5) is 4.17. The molecule has 1 aromatic heterocycles. The molecule has 90 valence electrons. The van der Waals surface area contributed by atoms with Crippen LogP contribution >= 0.6 is 11.6 Å². The fourth-order valence-electron chi connectivity index (χ4n) is 3.02. The van der Waals surface area contributed by atoms with Crippen LogP contribution in [0.1, 0.15) is 31.2 Å². The van der Waals surface area contributed by atoms with E-state index in [9.17, 15) is 0 Å². The molecule has 0 aromatic carbocycles. The van der Waals surface area contributed by atoms with E-state index in [2.05, 4.69) is 22.4 Å². The number of pyridine rings is 1. The molecule has 1 spiro atoms. The number of nitrogens with zero attached hydrogens (tertiary/aromatic N) is 1. The molecule has 3 rings (SSSR count). The normalized spacial score (nSPS) is 28.4. The molecule has 1 atom stereocenters. The fraction of sp³-hybridized carbons (Fsp3) is 0.500. The second-order valence-electron chi connectivity index (χ2n) is 5.18. The van der Waals surface area contributed by atoms with Gasteiger partial charge in [0.25, 0.3) is 0 Å². The summed E-state index contributed by atoms with van der Waals surface area (Å²) in [6.07, 6.45) is 9.43. The Morgan fingerprint density at radius 2 is 2.24 bits per heavy atom. The van der Waals surface area contributed by atoms with Crippen LogP contribution in [0.25, 0.3) is 5.57 Å². The zero-order valence-electron chi connectivity index (χ0n) is 9.88. The van der Waals surface area contributed by atoms with Crippen LogP contribution in [0.2, 0.25) is 5.15 Å². The Hall–Kier alpha value is -0.860. The first kappa shape index (κ1) is 11.2. The van der Waals surface area contributed by atoms with Gasteiger partial charge in [0.2, 0.25) is 0 Å². The lowest BCUT2D eigenvalue weighted by Gasteiger charge is -2.32. The van der Waals surface area contributed by atoms with Gasteiger partial charge >= 0.3 is 0 Å². The number of allylic oxidation sites excluding steroid dienone is 1. The van der Waals surface area contributed by atoms with Crippen molar-refractivity contribution in [2.24, 2.45) is 5.41 Å². The molecule has 0 amide bonds. The smallest absolute Gasteiger partial charge is 0.129 e. The van der Waals surface area contributed by atoms with Crippen LogP contribution in [-0.4, -0.2) is 18.1 Å². The fourth-order valence-corrected chi connectivity index (χ4v) is 3.13. The lowest BCUT2D eigenvalue weighted by molar-refractivity contribution is 0.274. The molecule has 2 aliphatic rings. The van der Waals surface area contributed by atoms with E-state index in [1.165, 1.54) is 43.4 Å². The predicted octanol–water partition coefficient (Wildman–Crippen LogP) is 3.28. The minimum atomic E-state index is 0.410. The molecule has 1 aliphatic carbocycles. The van der Waals surface area contributed by atoms with Crippen molar-refractivity contribution in [2.45, 2.75) is 25.7 Å². The molecule has 1 unspecified atom stereocenters. The van der Waals surface area contributed by atoms with Crippen LogP contribution in [0.5, 0.6) is 0 Å². The number of aromatic nitrogens is 1. The van der Waals surface area contributed by atoms with Crippen molar-refractivity contribution < 1.29 is 0 Å². The molecule has 0 radical (unpaired) electrons. The van der Waals surface area contributed by atoms with Crippen molar-refractivity contribution in [3.63, 3.8) is 0 Å². The first-order valence-corrected chi connectivity index (χ1v) is 6.70. The molecule has 1 saturated heterocycles. The summed E-state index contributed by atoms with van der Waals surface area (Å²) in [7, 11) is 0. The molecule has 1 aromatic rings. The van der Waals surface area contributed by atoms with Crippen molar-refractivity contribution in [3.8, 4) is 0 Å². The average molecular weight is 249 g/mol. The maximum Gasteiger partial charge on any atom is 0.129 e. The lowest BCUT2D eigenvalue weighted by atomic mass is 9.80. The molecule has 1 fully saturated rings. The first-order chi connectivity index (χ1) is 8.27. The highest BCUT2D eigenvalue weighted by Gasteiger charge is 2.34. The zero-order chi connectivity index (χ0) is 11.7. The number of piperidine rings is 1. The second-order valence-corrected chi connectivity index (χ2v) is 5.57. The topological polar surface area (TPSA) is 24.9 Å². The first-order valence-electron chi connectivity index (χ1n) is 6.32. The van der Waals surface area contributed by atoms with Gasteiger partial charge in [0.1, 0.15) is 5.15 Å². The van der Waals surface area contributed by atoms with E-state index in [-0.39, 0.29) is 0 Å². The molecule has 0 saturated carbocycles.